The number of nitrogens with two attached hydrogens (primary N) is 1. The van der Waals surface area contributed by atoms with Gasteiger partial charge < -0.3 is 15.8 Å². The third kappa shape index (κ3) is 6.62. The summed E-state index contributed by atoms with van der Waals surface area (Å²) in [6.07, 6.45) is 2.92. The minimum atomic E-state index is -0.747. The summed E-state index contributed by atoms with van der Waals surface area (Å²) in [7, 11) is 0. The lowest BCUT2D eigenvalue weighted by atomic mass is 10.2. The van der Waals surface area contributed by atoms with Crippen LogP contribution in [-0.2, 0) is 19.1 Å². The summed E-state index contributed by atoms with van der Waals surface area (Å²) in [6.45, 7) is -0.806. The molecule has 3 N–H and O–H groups in total. The summed E-state index contributed by atoms with van der Waals surface area (Å²) in [6, 6.07) is 9.24. The lowest BCUT2D eigenvalue weighted by molar-refractivity contribution is -0.147. The van der Waals surface area contributed by atoms with Crippen molar-refractivity contribution < 1.29 is 19.1 Å². The van der Waals surface area contributed by atoms with Crippen LogP contribution in [0.5, 0.6) is 0 Å². The Labute approximate surface area is 110 Å². The molecule has 0 bridgehead atoms. The van der Waals surface area contributed by atoms with Crippen LogP contribution in [0.2, 0.25) is 0 Å². The molecule has 0 radical (unpaired) electrons. The monoisotopic (exact) mass is 262 g/mol. The summed E-state index contributed by atoms with van der Waals surface area (Å²) in [4.78, 5) is 32.8. The fourth-order valence-corrected chi connectivity index (χ4v) is 1.16. The van der Waals surface area contributed by atoms with Crippen molar-refractivity contribution in [1.82, 2.24) is 5.32 Å². The lowest BCUT2D eigenvalue weighted by Crippen LogP contribution is -2.31. The molecule has 0 heterocycles. The van der Waals surface area contributed by atoms with Crippen LogP contribution >= 0.6 is 0 Å². The first-order valence-corrected chi connectivity index (χ1v) is 5.53. The van der Waals surface area contributed by atoms with Crippen LogP contribution in [0.15, 0.2) is 36.4 Å². The molecule has 1 aromatic rings. The van der Waals surface area contributed by atoms with Crippen LogP contribution < -0.4 is 11.1 Å². The van der Waals surface area contributed by atoms with E-state index < -0.39 is 24.4 Å². The van der Waals surface area contributed by atoms with Crippen molar-refractivity contribution in [3.8, 4) is 0 Å². The third-order valence-electron chi connectivity index (χ3n) is 2.01. The van der Waals surface area contributed by atoms with E-state index >= 15 is 0 Å². The van der Waals surface area contributed by atoms with Gasteiger partial charge in [0.1, 0.15) is 6.54 Å². The zero-order chi connectivity index (χ0) is 14.1. The number of rotatable bonds is 6. The molecule has 0 spiro atoms. The molecule has 2 amide bonds. The van der Waals surface area contributed by atoms with E-state index in [2.05, 4.69) is 10.1 Å². The zero-order valence-corrected chi connectivity index (χ0v) is 10.2. The van der Waals surface area contributed by atoms with Gasteiger partial charge in [0.25, 0.3) is 5.91 Å². The van der Waals surface area contributed by atoms with Gasteiger partial charge in [0.2, 0.25) is 5.91 Å². The number of carbonyl (C=O) groups is 3. The van der Waals surface area contributed by atoms with E-state index in [9.17, 15) is 14.4 Å². The molecule has 0 saturated carbocycles. The molecule has 6 nitrogen and oxygen atoms in total. The molecule has 1 aromatic carbocycles. The predicted octanol–water partition coefficient (Wildman–Crippen LogP) is -0.155. The van der Waals surface area contributed by atoms with Gasteiger partial charge in [0.05, 0.1) is 0 Å². The van der Waals surface area contributed by atoms with E-state index in [1.54, 1.807) is 6.08 Å². The van der Waals surface area contributed by atoms with E-state index in [1.165, 1.54) is 6.08 Å². The highest BCUT2D eigenvalue weighted by atomic mass is 16.5. The van der Waals surface area contributed by atoms with E-state index in [0.717, 1.165) is 5.56 Å². The molecule has 0 fully saturated rings. The maximum absolute atomic E-state index is 11.4. The number of hydrogen-bond donors (Lipinski definition) is 2. The summed E-state index contributed by atoms with van der Waals surface area (Å²) < 4.78 is 4.46. The van der Waals surface area contributed by atoms with Gasteiger partial charge in [-0.1, -0.05) is 30.3 Å². The number of hydrogen-bond acceptors (Lipinski definition) is 4. The third-order valence-corrected chi connectivity index (χ3v) is 2.01. The van der Waals surface area contributed by atoms with Crippen molar-refractivity contribution in [1.29, 1.82) is 0 Å². The number of nitrogens with one attached hydrogen (secondary N) is 1. The Balaban J connectivity index is 2.30. The van der Waals surface area contributed by atoms with E-state index in [-0.39, 0.29) is 6.54 Å². The van der Waals surface area contributed by atoms with Crippen LogP contribution in [0.4, 0.5) is 0 Å². The SMILES string of the molecule is NC(=O)COC(=O)CNC(=O)/C=C/c1ccccc1. The van der Waals surface area contributed by atoms with Crippen molar-refractivity contribution in [2.75, 3.05) is 13.2 Å². The Morgan fingerprint density at radius 3 is 2.53 bits per heavy atom. The van der Waals surface area contributed by atoms with Crippen molar-refractivity contribution >= 4 is 23.9 Å². The molecular formula is C13H14N2O4. The Morgan fingerprint density at radius 1 is 1.21 bits per heavy atom. The Hall–Kier alpha value is -2.63. The highest BCUT2D eigenvalue weighted by Gasteiger charge is 2.05. The molecule has 1 rings (SSSR count). The number of carbonyl (C=O) groups excluding carboxylic acids is 3. The molecule has 6 heteroatoms. The predicted molar refractivity (Wildman–Crippen MR) is 68.6 cm³/mol. The molecular weight excluding hydrogens is 248 g/mol. The van der Waals surface area contributed by atoms with Crippen molar-refractivity contribution in [3.05, 3.63) is 42.0 Å². The van der Waals surface area contributed by atoms with Gasteiger partial charge in [0, 0.05) is 6.08 Å². The highest BCUT2D eigenvalue weighted by Crippen LogP contribution is 2.00. The number of primary amides is 1. The largest absolute Gasteiger partial charge is 0.454 e. The summed E-state index contributed by atoms with van der Waals surface area (Å²) >= 11 is 0. The summed E-state index contributed by atoms with van der Waals surface area (Å²) in [5.74, 6) is -1.90. The quantitative estimate of drug-likeness (QED) is 0.550. The second-order valence-electron chi connectivity index (χ2n) is 3.59. The number of amides is 2. The summed E-state index contributed by atoms with van der Waals surface area (Å²) in [5, 5.41) is 2.32. The standard InChI is InChI=1S/C13H14N2O4/c14-11(16)9-19-13(18)8-15-12(17)7-6-10-4-2-1-3-5-10/h1-7H,8-9H2,(H2,14,16)(H,15,17)/b7-6+. The highest BCUT2D eigenvalue weighted by molar-refractivity contribution is 5.93. The van der Waals surface area contributed by atoms with E-state index in [4.69, 9.17) is 5.73 Å². The average molecular weight is 262 g/mol. The van der Waals surface area contributed by atoms with Crippen molar-refractivity contribution in [3.63, 3.8) is 0 Å². The fraction of sp³-hybridized carbons (Fsp3) is 0.154. The van der Waals surface area contributed by atoms with Crippen molar-refractivity contribution in [2.45, 2.75) is 0 Å². The molecule has 100 valence electrons. The Kier molecular flexibility index (Phi) is 5.81. The minimum absolute atomic E-state index is 0.314. The van der Waals surface area contributed by atoms with Gasteiger partial charge in [-0.15, -0.1) is 0 Å². The van der Waals surface area contributed by atoms with Gasteiger partial charge in [-0.25, -0.2) is 0 Å². The van der Waals surface area contributed by atoms with Crippen LogP contribution in [0, 0.1) is 0 Å². The van der Waals surface area contributed by atoms with Gasteiger partial charge >= 0.3 is 5.97 Å². The molecule has 0 unspecified atom stereocenters. The molecule has 19 heavy (non-hydrogen) atoms. The molecule has 0 saturated heterocycles. The maximum Gasteiger partial charge on any atom is 0.325 e. The molecule has 0 aromatic heterocycles. The van der Waals surface area contributed by atoms with Gasteiger partial charge in [0.15, 0.2) is 6.61 Å². The van der Waals surface area contributed by atoms with E-state index in [1.807, 2.05) is 30.3 Å². The second-order valence-corrected chi connectivity index (χ2v) is 3.59. The summed E-state index contributed by atoms with van der Waals surface area (Å²) in [5.41, 5.74) is 5.66. The Bertz CT molecular complexity index is 483. The molecule has 0 aliphatic carbocycles. The number of ether oxygens (including phenoxy) is 1. The van der Waals surface area contributed by atoms with Gasteiger partial charge in [-0.3, -0.25) is 14.4 Å². The molecule has 0 atom stereocenters. The smallest absolute Gasteiger partial charge is 0.325 e. The van der Waals surface area contributed by atoms with E-state index in [0.29, 0.717) is 0 Å². The molecule has 0 aliphatic heterocycles. The molecule has 0 aliphatic rings. The van der Waals surface area contributed by atoms with Crippen LogP contribution in [-0.4, -0.2) is 30.9 Å². The van der Waals surface area contributed by atoms with Gasteiger partial charge in [-0.05, 0) is 11.6 Å². The first-order valence-electron chi connectivity index (χ1n) is 5.53. The first-order chi connectivity index (χ1) is 9.08. The lowest BCUT2D eigenvalue weighted by Gasteiger charge is -2.02. The number of benzene rings is 1. The fourth-order valence-electron chi connectivity index (χ4n) is 1.16. The van der Waals surface area contributed by atoms with Crippen LogP contribution in [0.3, 0.4) is 0 Å². The number of esters is 1. The van der Waals surface area contributed by atoms with Crippen LogP contribution in [0.25, 0.3) is 6.08 Å². The zero-order valence-electron chi connectivity index (χ0n) is 10.2. The van der Waals surface area contributed by atoms with Gasteiger partial charge in [-0.2, -0.15) is 0 Å². The first kappa shape index (κ1) is 14.4. The normalized spacial score (nSPS) is 10.1. The maximum atomic E-state index is 11.4. The van der Waals surface area contributed by atoms with Crippen LogP contribution in [0.1, 0.15) is 5.56 Å². The average Bonchev–Trinajstić information content (AvgIpc) is 2.41. The minimum Gasteiger partial charge on any atom is -0.454 e. The second kappa shape index (κ2) is 7.65. The van der Waals surface area contributed by atoms with Crippen molar-refractivity contribution in [2.24, 2.45) is 5.73 Å². The topological polar surface area (TPSA) is 98.5 Å². The Morgan fingerprint density at radius 2 is 1.89 bits per heavy atom.